The second kappa shape index (κ2) is 6.70. The van der Waals surface area contributed by atoms with Gasteiger partial charge in [0.05, 0.1) is 0 Å². The maximum Gasteiger partial charge on any atom is 0.132 e. The van der Waals surface area contributed by atoms with Crippen molar-refractivity contribution in [2.45, 2.75) is 13.0 Å². The minimum atomic E-state index is 0.102. The molecule has 0 amide bonds. The van der Waals surface area contributed by atoms with E-state index in [1.165, 1.54) is 0 Å². The van der Waals surface area contributed by atoms with Crippen LogP contribution in [0.2, 0.25) is 0 Å². The van der Waals surface area contributed by atoms with Crippen molar-refractivity contribution in [3.8, 4) is 11.5 Å². The standard InChI is InChI=1S/C15H16BrNO2/c16-13-5-6-15(12(9-13)10-17)19-14-4-2-1-3-11(14)7-8-18/h1-6,9,18H,7-8,10,17H2. The first-order valence-electron chi connectivity index (χ1n) is 6.09. The fraction of sp³-hybridized carbons (Fsp3) is 0.200. The second-order valence-electron chi connectivity index (χ2n) is 4.14. The topological polar surface area (TPSA) is 55.5 Å². The highest BCUT2D eigenvalue weighted by Crippen LogP contribution is 2.30. The molecule has 2 aromatic rings. The molecular weight excluding hydrogens is 306 g/mol. The Labute approximate surface area is 121 Å². The van der Waals surface area contributed by atoms with Crippen molar-refractivity contribution in [1.82, 2.24) is 0 Å². The normalized spacial score (nSPS) is 10.5. The van der Waals surface area contributed by atoms with E-state index < -0.39 is 0 Å². The Kier molecular flexibility index (Phi) is 4.96. The Morgan fingerprint density at radius 1 is 1.05 bits per heavy atom. The predicted molar refractivity (Wildman–Crippen MR) is 79.3 cm³/mol. The Bertz CT molecular complexity index is 558. The summed E-state index contributed by atoms with van der Waals surface area (Å²) >= 11 is 3.42. The number of ether oxygens (including phenoxy) is 1. The number of halogens is 1. The molecule has 0 atom stereocenters. The Morgan fingerprint density at radius 3 is 2.53 bits per heavy atom. The molecule has 0 aliphatic rings. The Balaban J connectivity index is 2.30. The predicted octanol–water partition coefficient (Wildman–Crippen LogP) is 3.23. The molecule has 0 fully saturated rings. The monoisotopic (exact) mass is 321 g/mol. The lowest BCUT2D eigenvalue weighted by molar-refractivity contribution is 0.298. The van der Waals surface area contributed by atoms with Crippen molar-refractivity contribution in [3.63, 3.8) is 0 Å². The summed E-state index contributed by atoms with van der Waals surface area (Å²) in [5, 5.41) is 9.07. The van der Waals surface area contributed by atoms with E-state index in [9.17, 15) is 0 Å². The van der Waals surface area contributed by atoms with E-state index in [0.29, 0.717) is 13.0 Å². The summed E-state index contributed by atoms with van der Waals surface area (Å²) in [5.41, 5.74) is 7.65. The van der Waals surface area contributed by atoms with Gasteiger partial charge in [0.1, 0.15) is 11.5 Å². The van der Waals surface area contributed by atoms with Crippen LogP contribution in [0.25, 0.3) is 0 Å². The summed E-state index contributed by atoms with van der Waals surface area (Å²) in [4.78, 5) is 0. The molecule has 4 heteroatoms. The van der Waals surface area contributed by atoms with Gasteiger partial charge in [0.15, 0.2) is 0 Å². The first-order chi connectivity index (χ1) is 9.24. The third-order valence-corrected chi connectivity index (χ3v) is 3.31. The average Bonchev–Trinajstić information content (AvgIpc) is 2.43. The summed E-state index contributed by atoms with van der Waals surface area (Å²) in [6.07, 6.45) is 0.574. The SMILES string of the molecule is NCc1cc(Br)ccc1Oc1ccccc1CCO. The van der Waals surface area contributed by atoms with Gasteiger partial charge in [-0.15, -0.1) is 0 Å². The lowest BCUT2D eigenvalue weighted by Crippen LogP contribution is -2.01. The maximum atomic E-state index is 9.07. The van der Waals surface area contributed by atoms with E-state index in [2.05, 4.69) is 15.9 Å². The van der Waals surface area contributed by atoms with Crippen LogP contribution in [0.3, 0.4) is 0 Å². The van der Waals surface area contributed by atoms with Crippen molar-refractivity contribution in [2.75, 3.05) is 6.61 Å². The van der Waals surface area contributed by atoms with E-state index in [1.807, 2.05) is 42.5 Å². The van der Waals surface area contributed by atoms with E-state index in [0.717, 1.165) is 27.1 Å². The van der Waals surface area contributed by atoms with Crippen molar-refractivity contribution < 1.29 is 9.84 Å². The van der Waals surface area contributed by atoms with Crippen LogP contribution in [-0.4, -0.2) is 11.7 Å². The molecule has 3 nitrogen and oxygen atoms in total. The minimum absolute atomic E-state index is 0.102. The number of benzene rings is 2. The van der Waals surface area contributed by atoms with Gasteiger partial charge in [-0.2, -0.15) is 0 Å². The van der Waals surface area contributed by atoms with Gasteiger partial charge < -0.3 is 15.6 Å². The van der Waals surface area contributed by atoms with Crippen LogP contribution in [0.15, 0.2) is 46.9 Å². The molecule has 0 aliphatic carbocycles. The number of hydrogen-bond acceptors (Lipinski definition) is 3. The number of nitrogens with two attached hydrogens (primary N) is 1. The third-order valence-electron chi connectivity index (χ3n) is 2.82. The highest BCUT2D eigenvalue weighted by atomic mass is 79.9. The third kappa shape index (κ3) is 3.56. The molecule has 0 aliphatic heterocycles. The molecule has 19 heavy (non-hydrogen) atoms. The largest absolute Gasteiger partial charge is 0.457 e. The zero-order valence-corrected chi connectivity index (χ0v) is 12.1. The van der Waals surface area contributed by atoms with Crippen LogP contribution in [-0.2, 0) is 13.0 Å². The summed E-state index contributed by atoms with van der Waals surface area (Å²) in [6.45, 7) is 0.515. The number of hydrogen-bond donors (Lipinski definition) is 2. The smallest absolute Gasteiger partial charge is 0.132 e. The van der Waals surface area contributed by atoms with Gasteiger partial charge in [-0.3, -0.25) is 0 Å². The van der Waals surface area contributed by atoms with E-state index in [4.69, 9.17) is 15.6 Å². The minimum Gasteiger partial charge on any atom is -0.457 e. The van der Waals surface area contributed by atoms with Crippen molar-refractivity contribution >= 4 is 15.9 Å². The fourth-order valence-electron chi connectivity index (χ4n) is 1.86. The number of para-hydroxylation sites is 1. The first kappa shape index (κ1) is 14.1. The molecule has 0 bridgehead atoms. The number of aliphatic hydroxyl groups is 1. The Morgan fingerprint density at radius 2 is 1.79 bits per heavy atom. The van der Waals surface area contributed by atoms with Crippen LogP contribution in [0, 0.1) is 0 Å². The summed E-state index contributed by atoms with van der Waals surface area (Å²) in [7, 11) is 0. The number of rotatable bonds is 5. The van der Waals surface area contributed by atoms with Gasteiger partial charge in [0, 0.05) is 23.2 Å². The van der Waals surface area contributed by atoms with Crippen LogP contribution < -0.4 is 10.5 Å². The average molecular weight is 322 g/mol. The van der Waals surface area contributed by atoms with Crippen LogP contribution in [0.5, 0.6) is 11.5 Å². The van der Waals surface area contributed by atoms with Crippen molar-refractivity contribution in [1.29, 1.82) is 0 Å². The summed E-state index contributed by atoms with van der Waals surface area (Å²) in [5.74, 6) is 1.50. The van der Waals surface area contributed by atoms with Gasteiger partial charge in [-0.1, -0.05) is 34.1 Å². The number of aliphatic hydroxyl groups excluding tert-OH is 1. The van der Waals surface area contributed by atoms with Crippen molar-refractivity contribution in [3.05, 3.63) is 58.1 Å². The molecule has 3 N–H and O–H groups in total. The molecule has 0 aromatic heterocycles. The highest BCUT2D eigenvalue weighted by Gasteiger charge is 2.07. The van der Waals surface area contributed by atoms with Crippen LogP contribution in [0.1, 0.15) is 11.1 Å². The van der Waals surface area contributed by atoms with Gasteiger partial charge in [0.2, 0.25) is 0 Å². The van der Waals surface area contributed by atoms with Gasteiger partial charge in [-0.25, -0.2) is 0 Å². The molecule has 2 rings (SSSR count). The molecule has 0 spiro atoms. The highest BCUT2D eigenvalue weighted by molar-refractivity contribution is 9.10. The summed E-state index contributed by atoms with van der Waals surface area (Å²) in [6, 6.07) is 13.5. The van der Waals surface area contributed by atoms with E-state index in [1.54, 1.807) is 0 Å². The molecular formula is C15H16BrNO2. The molecule has 0 saturated heterocycles. The van der Waals surface area contributed by atoms with Crippen LogP contribution in [0.4, 0.5) is 0 Å². The lowest BCUT2D eigenvalue weighted by atomic mass is 10.1. The zero-order chi connectivity index (χ0) is 13.7. The maximum absolute atomic E-state index is 9.07. The molecule has 0 unspecified atom stereocenters. The second-order valence-corrected chi connectivity index (χ2v) is 5.06. The van der Waals surface area contributed by atoms with Gasteiger partial charge >= 0.3 is 0 Å². The van der Waals surface area contributed by atoms with Crippen LogP contribution >= 0.6 is 15.9 Å². The van der Waals surface area contributed by atoms with E-state index >= 15 is 0 Å². The lowest BCUT2D eigenvalue weighted by Gasteiger charge is -2.13. The molecule has 100 valence electrons. The molecule has 2 aromatic carbocycles. The molecule has 0 radical (unpaired) electrons. The molecule has 0 heterocycles. The first-order valence-corrected chi connectivity index (χ1v) is 6.89. The fourth-order valence-corrected chi connectivity index (χ4v) is 2.26. The van der Waals surface area contributed by atoms with Gasteiger partial charge in [0.25, 0.3) is 0 Å². The summed E-state index contributed by atoms with van der Waals surface area (Å²) < 4.78 is 6.90. The Hall–Kier alpha value is -1.36. The quantitative estimate of drug-likeness (QED) is 0.888. The van der Waals surface area contributed by atoms with E-state index in [-0.39, 0.29) is 6.61 Å². The zero-order valence-electron chi connectivity index (χ0n) is 10.5. The van der Waals surface area contributed by atoms with Gasteiger partial charge in [-0.05, 0) is 36.2 Å². The van der Waals surface area contributed by atoms with Crippen molar-refractivity contribution in [2.24, 2.45) is 5.73 Å². The molecule has 0 saturated carbocycles.